The highest BCUT2D eigenvalue weighted by Gasteiger charge is 2.26. The minimum Gasteiger partial charge on any atom is -0.368 e. The lowest BCUT2D eigenvalue weighted by Crippen LogP contribution is -2.42. The molecule has 0 radical (unpaired) electrons. The van der Waals surface area contributed by atoms with Crippen LogP contribution in [-0.2, 0) is 16.0 Å². The van der Waals surface area contributed by atoms with Gasteiger partial charge in [0.25, 0.3) is 0 Å². The third-order valence-electron chi connectivity index (χ3n) is 4.80. The Hall–Kier alpha value is -2.55. The van der Waals surface area contributed by atoms with Gasteiger partial charge in [-0.25, -0.2) is 4.98 Å². The van der Waals surface area contributed by atoms with Crippen LogP contribution in [0.25, 0.3) is 0 Å². The number of aromatic nitrogens is 3. The van der Waals surface area contributed by atoms with Crippen LogP contribution in [0.15, 0.2) is 42.5 Å². The molecule has 0 spiro atoms. The summed E-state index contributed by atoms with van der Waals surface area (Å²) in [5.74, 6) is 0.790. The van der Waals surface area contributed by atoms with Crippen LogP contribution < -0.4 is 5.32 Å². The van der Waals surface area contributed by atoms with Crippen molar-refractivity contribution in [2.75, 3.05) is 25.0 Å². The third kappa shape index (κ3) is 5.33. The number of aryl methyl sites for hydroxylation is 2. The number of pyridine rings is 1. The van der Waals surface area contributed by atoms with E-state index in [1.807, 2.05) is 54.3 Å². The monoisotopic (exact) mass is 443 g/mol. The molecule has 9 heteroatoms. The fourth-order valence-corrected chi connectivity index (χ4v) is 4.13. The van der Waals surface area contributed by atoms with Crippen molar-refractivity contribution in [2.45, 2.75) is 25.9 Å². The van der Waals surface area contributed by atoms with E-state index in [0.717, 1.165) is 16.3 Å². The number of carbonyl (C=O) groups is 1. The number of morpholine rings is 1. The Morgan fingerprint density at radius 2 is 2.17 bits per heavy atom. The number of carbonyl (C=O) groups excluding carboxylic acids is 1. The second kappa shape index (κ2) is 9.51. The second-order valence-electron chi connectivity index (χ2n) is 7.03. The van der Waals surface area contributed by atoms with Crippen LogP contribution in [0.2, 0.25) is 5.02 Å². The van der Waals surface area contributed by atoms with Gasteiger partial charge in [-0.1, -0.05) is 41.1 Å². The summed E-state index contributed by atoms with van der Waals surface area (Å²) in [6, 6.07) is 13.3. The fourth-order valence-electron chi connectivity index (χ4n) is 3.31. The van der Waals surface area contributed by atoms with Gasteiger partial charge in [0.15, 0.2) is 0 Å². The van der Waals surface area contributed by atoms with Crippen molar-refractivity contribution < 1.29 is 9.53 Å². The van der Waals surface area contributed by atoms with Gasteiger partial charge in [0.1, 0.15) is 16.9 Å². The molecule has 1 aliphatic rings. The molecule has 1 atom stereocenters. The van der Waals surface area contributed by atoms with Crippen LogP contribution in [0.4, 0.5) is 10.9 Å². The molecule has 3 heterocycles. The van der Waals surface area contributed by atoms with Gasteiger partial charge in [-0.05, 0) is 43.2 Å². The highest BCUT2D eigenvalue weighted by molar-refractivity contribution is 7.15. The summed E-state index contributed by atoms with van der Waals surface area (Å²) in [4.78, 5) is 19.2. The summed E-state index contributed by atoms with van der Waals surface area (Å²) in [7, 11) is 0. The SMILES string of the molecule is Cc1nnc(Nc2cccc(C3CN(C(=O)CCc4cccc(Cl)c4)CCO3)n2)s1. The van der Waals surface area contributed by atoms with Gasteiger partial charge >= 0.3 is 0 Å². The molecule has 1 fully saturated rings. The summed E-state index contributed by atoms with van der Waals surface area (Å²) in [5, 5.41) is 13.5. The molecule has 1 amide bonds. The predicted octanol–water partition coefficient (Wildman–Crippen LogP) is 4.17. The summed E-state index contributed by atoms with van der Waals surface area (Å²) >= 11 is 7.50. The van der Waals surface area contributed by atoms with E-state index in [9.17, 15) is 4.79 Å². The summed E-state index contributed by atoms with van der Waals surface area (Å²) in [5.41, 5.74) is 1.85. The Bertz CT molecular complexity index is 1030. The molecule has 0 saturated carbocycles. The molecule has 4 rings (SSSR count). The van der Waals surface area contributed by atoms with Crippen LogP contribution in [-0.4, -0.2) is 45.7 Å². The fraction of sp³-hybridized carbons (Fsp3) is 0.333. The minimum atomic E-state index is -0.258. The van der Waals surface area contributed by atoms with Gasteiger partial charge in [-0.3, -0.25) is 4.79 Å². The maximum Gasteiger partial charge on any atom is 0.223 e. The van der Waals surface area contributed by atoms with Crippen molar-refractivity contribution in [3.05, 3.63) is 63.8 Å². The third-order valence-corrected chi connectivity index (χ3v) is 5.79. The van der Waals surface area contributed by atoms with Gasteiger partial charge in [0.2, 0.25) is 11.0 Å². The van der Waals surface area contributed by atoms with E-state index in [2.05, 4.69) is 20.5 Å². The molecule has 156 valence electrons. The van der Waals surface area contributed by atoms with Gasteiger partial charge in [-0.2, -0.15) is 0 Å². The largest absolute Gasteiger partial charge is 0.368 e. The molecular weight excluding hydrogens is 422 g/mol. The maximum absolute atomic E-state index is 12.7. The summed E-state index contributed by atoms with van der Waals surface area (Å²) in [6.07, 6.45) is 0.852. The standard InChI is InChI=1S/C21H22ClN5O2S/c1-14-25-26-21(30-14)24-19-7-3-6-17(23-19)18-13-27(10-11-29-18)20(28)9-8-15-4-2-5-16(22)12-15/h2-7,12,18H,8-11,13H2,1H3,(H,23,24,26). The van der Waals surface area contributed by atoms with E-state index in [1.165, 1.54) is 11.3 Å². The molecule has 1 N–H and O–H groups in total. The Balaban J connectivity index is 1.37. The zero-order valence-electron chi connectivity index (χ0n) is 16.5. The Kier molecular flexibility index (Phi) is 6.56. The topological polar surface area (TPSA) is 80.2 Å². The van der Waals surface area contributed by atoms with E-state index in [0.29, 0.717) is 48.5 Å². The number of halogens is 1. The number of nitrogens with zero attached hydrogens (tertiary/aromatic N) is 4. The quantitative estimate of drug-likeness (QED) is 0.615. The smallest absolute Gasteiger partial charge is 0.223 e. The van der Waals surface area contributed by atoms with Gasteiger partial charge < -0.3 is 15.0 Å². The van der Waals surface area contributed by atoms with Crippen molar-refractivity contribution in [3.8, 4) is 0 Å². The number of ether oxygens (including phenoxy) is 1. The zero-order chi connectivity index (χ0) is 20.9. The molecule has 3 aromatic rings. The van der Waals surface area contributed by atoms with Crippen molar-refractivity contribution >= 4 is 39.8 Å². The van der Waals surface area contributed by atoms with E-state index in [4.69, 9.17) is 16.3 Å². The number of hydrogen-bond donors (Lipinski definition) is 1. The van der Waals surface area contributed by atoms with Crippen LogP contribution in [0.1, 0.15) is 28.8 Å². The molecule has 1 aliphatic heterocycles. The first kappa shape index (κ1) is 20.7. The van der Waals surface area contributed by atoms with E-state index in [1.54, 1.807) is 0 Å². The molecule has 1 aromatic carbocycles. The molecule has 7 nitrogen and oxygen atoms in total. The summed E-state index contributed by atoms with van der Waals surface area (Å²) < 4.78 is 5.91. The number of nitrogens with one attached hydrogen (secondary N) is 1. The highest BCUT2D eigenvalue weighted by Crippen LogP contribution is 2.24. The molecule has 0 bridgehead atoms. The first-order valence-electron chi connectivity index (χ1n) is 9.75. The number of hydrogen-bond acceptors (Lipinski definition) is 7. The average Bonchev–Trinajstić information content (AvgIpc) is 3.17. The summed E-state index contributed by atoms with van der Waals surface area (Å²) in [6.45, 7) is 3.47. The number of anilines is 2. The zero-order valence-corrected chi connectivity index (χ0v) is 18.1. The molecule has 2 aromatic heterocycles. The van der Waals surface area contributed by atoms with Crippen molar-refractivity contribution in [1.82, 2.24) is 20.1 Å². The van der Waals surface area contributed by atoms with Crippen molar-refractivity contribution in [1.29, 1.82) is 0 Å². The van der Waals surface area contributed by atoms with Crippen LogP contribution in [0.3, 0.4) is 0 Å². The first-order chi connectivity index (χ1) is 14.6. The normalized spacial score (nSPS) is 16.5. The van der Waals surface area contributed by atoms with Crippen LogP contribution in [0, 0.1) is 6.92 Å². The second-order valence-corrected chi connectivity index (χ2v) is 8.65. The lowest BCUT2D eigenvalue weighted by Gasteiger charge is -2.33. The molecule has 1 saturated heterocycles. The van der Waals surface area contributed by atoms with E-state index in [-0.39, 0.29) is 12.0 Å². The molecule has 30 heavy (non-hydrogen) atoms. The first-order valence-corrected chi connectivity index (χ1v) is 10.9. The van der Waals surface area contributed by atoms with Crippen LogP contribution >= 0.6 is 22.9 Å². The lowest BCUT2D eigenvalue weighted by atomic mass is 10.1. The number of rotatable bonds is 6. The Morgan fingerprint density at radius 1 is 1.30 bits per heavy atom. The van der Waals surface area contributed by atoms with Gasteiger partial charge in [-0.15, -0.1) is 10.2 Å². The minimum absolute atomic E-state index is 0.113. The van der Waals surface area contributed by atoms with Crippen molar-refractivity contribution in [2.24, 2.45) is 0 Å². The molecule has 1 unspecified atom stereocenters. The Labute approximate surface area is 184 Å². The van der Waals surface area contributed by atoms with Gasteiger partial charge in [0.05, 0.1) is 18.8 Å². The predicted molar refractivity (Wildman–Crippen MR) is 117 cm³/mol. The maximum atomic E-state index is 12.7. The lowest BCUT2D eigenvalue weighted by molar-refractivity contribution is -0.139. The van der Waals surface area contributed by atoms with E-state index < -0.39 is 0 Å². The average molecular weight is 444 g/mol. The van der Waals surface area contributed by atoms with Crippen molar-refractivity contribution in [3.63, 3.8) is 0 Å². The number of benzene rings is 1. The van der Waals surface area contributed by atoms with Crippen LogP contribution in [0.5, 0.6) is 0 Å². The molecular formula is C21H22ClN5O2S. The number of amides is 1. The molecule has 0 aliphatic carbocycles. The highest BCUT2D eigenvalue weighted by atomic mass is 35.5. The Morgan fingerprint density at radius 3 is 2.97 bits per heavy atom. The van der Waals surface area contributed by atoms with Gasteiger partial charge in [0, 0.05) is 18.0 Å². The van der Waals surface area contributed by atoms with E-state index >= 15 is 0 Å².